The molecule has 2 aromatic carbocycles. The van der Waals surface area contributed by atoms with Gasteiger partial charge >= 0.3 is 11.8 Å². The predicted octanol–water partition coefficient (Wildman–Crippen LogP) is 1.62. The molecule has 27 heavy (non-hydrogen) atoms. The van der Waals surface area contributed by atoms with Crippen molar-refractivity contribution in [1.82, 2.24) is 10.7 Å². The monoisotopic (exact) mass is 373 g/mol. The summed E-state index contributed by atoms with van der Waals surface area (Å²) in [5, 5.41) is 6.12. The van der Waals surface area contributed by atoms with Gasteiger partial charge in [-0.15, -0.1) is 0 Å². The first-order valence-corrected chi connectivity index (χ1v) is 8.16. The minimum Gasteiger partial charge on any atom is -0.489 e. The Balaban J connectivity index is 1.84. The summed E-state index contributed by atoms with van der Waals surface area (Å²) in [6, 6.07) is 13.1. The second-order valence-corrected chi connectivity index (χ2v) is 5.44. The molecule has 0 spiro atoms. The third kappa shape index (κ3) is 7.25. The fourth-order valence-corrected chi connectivity index (χ4v) is 2.04. The van der Waals surface area contributed by atoms with Gasteiger partial charge in [-0.2, -0.15) is 5.10 Å². The van der Waals surface area contributed by atoms with Gasteiger partial charge in [0.25, 0.3) is 0 Å². The Hall–Kier alpha value is -3.26. The zero-order valence-electron chi connectivity index (χ0n) is 14.8. The van der Waals surface area contributed by atoms with Crippen LogP contribution in [0.25, 0.3) is 0 Å². The van der Waals surface area contributed by atoms with Crippen molar-refractivity contribution >= 4 is 18.0 Å². The Kier molecular flexibility index (Phi) is 7.92. The number of ether oxygens (including phenoxy) is 2. The summed E-state index contributed by atoms with van der Waals surface area (Å²) in [5.74, 6) is -1.43. The lowest BCUT2D eigenvalue weighted by atomic mass is 10.2. The van der Waals surface area contributed by atoms with Crippen molar-refractivity contribution in [2.75, 3.05) is 20.3 Å². The molecule has 2 rings (SSSR count). The van der Waals surface area contributed by atoms with E-state index in [1.165, 1.54) is 25.5 Å². The van der Waals surface area contributed by atoms with E-state index in [-0.39, 0.29) is 19.0 Å². The Morgan fingerprint density at radius 3 is 2.74 bits per heavy atom. The SMILES string of the molecule is COCCNC(=O)C(=O)N/N=C\c1cccc(OCc2cccc(F)c2)c1. The number of nitrogens with zero attached hydrogens (tertiary/aromatic N) is 1. The second-order valence-electron chi connectivity index (χ2n) is 5.44. The summed E-state index contributed by atoms with van der Waals surface area (Å²) < 4.78 is 23.5. The van der Waals surface area contributed by atoms with Crippen LogP contribution in [0.2, 0.25) is 0 Å². The van der Waals surface area contributed by atoms with Crippen LogP contribution in [0.15, 0.2) is 53.6 Å². The number of hydrogen-bond acceptors (Lipinski definition) is 5. The molecule has 142 valence electrons. The van der Waals surface area contributed by atoms with Gasteiger partial charge in [-0.25, -0.2) is 9.82 Å². The number of carbonyl (C=O) groups is 2. The highest BCUT2D eigenvalue weighted by molar-refractivity contribution is 6.35. The lowest BCUT2D eigenvalue weighted by molar-refractivity contribution is -0.139. The molecule has 0 aromatic heterocycles. The number of halogens is 1. The highest BCUT2D eigenvalue weighted by Gasteiger charge is 2.11. The van der Waals surface area contributed by atoms with Crippen LogP contribution in [0.4, 0.5) is 4.39 Å². The van der Waals surface area contributed by atoms with Gasteiger partial charge in [0.1, 0.15) is 18.2 Å². The molecular formula is C19H20FN3O4. The van der Waals surface area contributed by atoms with Gasteiger partial charge < -0.3 is 14.8 Å². The van der Waals surface area contributed by atoms with E-state index >= 15 is 0 Å². The molecule has 7 nitrogen and oxygen atoms in total. The Bertz CT molecular complexity index is 811. The van der Waals surface area contributed by atoms with E-state index in [0.717, 1.165) is 0 Å². The quantitative estimate of drug-likeness (QED) is 0.318. The number of amides is 2. The fraction of sp³-hybridized carbons (Fsp3) is 0.211. The van der Waals surface area contributed by atoms with Crippen LogP contribution in [0.5, 0.6) is 5.75 Å². The first-order valence-electron chi connectivity index (χ1n) is 8.16. The lowest BCUT2D eigenvalue weighted by Crippen LogP contribution is -2.39. The highest BCUT2D eigenvalue weighted by atomic mass is 19.1. The summed E-state index contributed by atoms with van der Waals surface area (Å²) in [7, 11) is 1.49. The number of hydrazone groups is 1. The zero-order valence-corrected chi connectivity index (χ0v) is 14.8. The maximum Gasteiger partial charge on any atom is 0.329 e. The minimum atomic E-state index is -0.874. The molecule has 0 atom stereocenters. The number of rotatable bonds is 8. The van der Waals surface area contributed by atoms with Crippen molar-refractivity contribution in [3.63, 3.8) is 0 Å². The van der Waals surface area contributed by atoms with Gasteiger partial charge in [0.15, 0.2) is 0 Å². The van der Waals surface area contributed by atoms with E-state index in [1.807, 2.05) is 0 Å². The van der Waals surface area contributed by atoms with E-state index in [1.54, 1.807) is 36.4 Å². The molecule has 2 N–H and O–H groups in total. The highest BCUT2D eigenvalue weighted by Crippen LogP contribution is 2.14. The molecule has 8 heteroatoms. The molecule has 0 fully saturated rings. The van der Waals surface area contributed by atoms with Crippen LogP contribution in [-0.2, 0) is 20.9 Å². The summed E-state index contributed by atoms with van der Waals surface area (Å²) in [6.45, 7) is 0.763. The average Bonchev–Trinajstić information content (AvgIpc) is 2.67. The molecule has 2 aromatic rings. The molecule has 0 radical (unpaired) electrons. The van der Waals surface area contributed by atoms with Crippen LogP contribution in [0, 0.1) is 5.82 Å². The first-order chi connectivity index (χ1) is 13.1. The van der Waals surface area contributed by atoms with Crippen molar-refractivity contribution in [1.29, 1.82) is 0 Å². The summed E-state index contributed by atoms with van der Waals surface area (Å²) in [5.41, 5.74) is 3.50. The predicted molar refractivity (Wildman–Crippen MR) is 97.8 cm³/mol. The Labute approximate surface area is 156 Å². The van der Waals surface area contributed by atoms with Gasteiger partial charge in [0, 0.05) is 13.7 Å². The van der Waals surface area contributed by atoms with Crippen molar-refractivity contribution in [3.05, 3.63) is 65.5 Å². The molecule has 0 unspecified atom stereocenters. The molecular weight excluding hydrogens is 353 g/mol. The van der Waals surface area contributed by atoms with Crippen LogP contribution >= 0.6 is 0 Å². The molecule has 0 bridgehead atoms. The maximum absolute atomic E-state index is 13.2. The van der Waals surface area contributed by atoms with E-state index in [2.05, 4.69) is 15.8 Å². The third-order valence-corrected chi connectivity index (χ3v) is 3.33. The van der Waals surface area contributed by atoms with Crippen molar-refractivity contribution in [2.24, 2.45) is 5.10 Å². The van der Waals surface area contributed by atoms with Crippen LogP contribution in [-0.4, -0.2) is 38.3 Å². The normalized spacial score (nSPS) is 10.6. The molecule has 0 aliphatic carbocycles. The second kappa shape index (κ2) is 10.7. The summed E-state index contributed by atoms with van der Waals surface area (Å²) in [6.07, 6.45) is 1.38. The van der Waals surface area contributed by atoms with E-state index in [9.17, 15) is 14.0 Å². The largest absolute Gasteiger partial charge is 0.489 e. The number of methoxy groups -OCH3 is 1. The van der Waals surface area contributed by atoms with Gasteiger partial charge in [-0.05, 0) is 35.4 Å². The van der Waals surface area contributed by atoms with E-state index < -0.39 is 11.8 Å². The third-order valence-electron chi connectivity index (χ3n) is 3.33. The van der Waals surface area contributed by atoms with E-state index in [0.29, 0.717) is 23.5 Å². The van der Waals surface area contributed by atoms with Crippen LogP contribution in [0.3, 0.4) is 0 Å². The fourth-order valence-electron chi connectivity index (χ4n) is 2.04. The number of benzene rings is 2. The van der Waals surface area contributed by atoms with Crippen molar-refractivity contribution in [2.45, 2.75) is 6.61 Å². The summed E-state index contributed by atoms with van der Waals surface area (Å²) in [4.78, 5) is 23.0. The van der Waals surface area contributed by atoms with Gasteiger partial charge in [-0.3, -0.25) is 9.59 Å². The number of carbonyl (C=O) groups excluding carboxylic acids is 2. The minimum absolute atomic E-state index is 0.219. The van der Waals surface area contributed by atoms with E-state index in [4.69, 9.17) is 9.47 Å². The standard InChI is InChI=1S/C19H20FN3O4/c1-26-9-8-21-18(24)19(25)23-22-12-14-4-3-7-17(11-14)27-13-15-5-2-6-16(20)10-15/h2-7,10-12H,8-9,13H2,1H3,(H,21,24)(H,23,25)/b22-12-. The van der Waals surface area contributed by atoms with Gasteiger partial charge in [0.05, 0.1) is 12.8 Å². The topological polar surface area (TPSA) is 89.0 Å². The molecule has 0 saturated carbocycles. The molecule has 0 aliphatic heterocycles. The van der Waals surface area contributed by atoms with Crippen molar-refractivity contribution < 1.29 is 23.5 Å². The average molecular weight is 373 g/mol. The maximum atomic E-state index is 13.2. The molecule has 0 aliphatic rings. The lowest BCUT2D eigenvalue weighted by Gasteiger charge is -2.07. The van der Waals surface area contributed by atoms with Crippen molar-refractivity contribution in [3.8, 4) is 5.75 Å². The molecule has 2 amide bonds. The van der Waals surface area contributed by atoms with Gasteiger partial charge in [-0.1, -0.05) is 24.3 Å². The summed E-state index contributed by atoms with van der Waals surface area (Å²) >= 11 is 0. The van der Waals surface area contributed by atoms with Crippen LogP contribution < -0.4 is 15.5 Å². The zero-order chi connectivity index (χ0) is 19.5. The van der Waals surface area contributed by atoms with Gasteiger partial charge in [0.2, 0.25) is 0 Å². The van der Waals surface area contributed by atoms with Crippen LogP contribution in [0.1, 0.15) is 11.1 Å². The first kappa shape index (κ1) is 20.1. The Morgan fingerprint density at radius 2 is 1.96 bits per heavy atom. The Morgan fingerprint density at radius 1 is 1.15 bits per heavy atom. The number of hydrogen-bond donors (Lipinski definition) is 2. The number of nitrogens with one attached hydrogen (secondary N) is 2. The molecule has 0 saturated heterocycles. The molecule has 0 heterocycles. The smallest absolute Gasteiger partial charge is 0.329 e.